The van der Waals surface area contributed by atoms with Crippen molar-refractivity contribution in [2.45, 2.75) is 32.1 Å². The maximum atomic E-state index is 4.34. The molecule has 0 radical (unpaired) electrons. The first kappa shape index (κ1) is 10.6. The SMILES string of the molecule is c1ccc2c(NCC3CCCCC3)n[nH]c2c1. The van der Waals surface area contributed by atoms with Crippen molar-refractivity contribution in [2.24, 2.45) is 5.92 Å². The van der Waals surface area contributed by atoms with Crippen molar-refractivity contribution >= 4 is 16.7 Å². The summed E-state index contributed by atoms with van der Waals surface area (Å²) >= 11 is 0. The number of benzene rings is 1. The molecule has 1 heterocycles. The summed E-state index contributed by atoms with van der Waals surface area (Å²) < 4.78 is 0. The molecule has 0 amide bonds. The minimum Gasteiger partial charge on any atom is -0.368 e. The maximum Gasteiger partial charge on any atom is 0.155 e. The summed E-state index contributed by atoms with van der Waals surface area (Å²) in [6.07, 6.45) is 6.95. The predicted octanol–water partition coefficient (Wildman–Crippen LogP) is 3.56. The van der Waals surface area contributed by atoms with Crippen molar-refractivity contribution in [1.29, 1.82) is 0 Å². The van der Waals surface area contributed by atoms with Crippen LogP contribution >= 0.6 is 0 Å². The summed E-state index contributed by atoms with van der Waals surface area (Å²) in [7, 11) is 0. The van der Waals surface area contributed by atoms with Crippen LogP contribution in [0.3, 0.4) is 0 Å². The Morgan fingerprint density at radius 2 is 2.00 bits per heavy atom. The third-order valence-electron chi connectivity index (χ3n) is 3.75. The van der Waals surface area contributed by atoms with Crippen LogP contribution in [0, 0.1) is 5.92 Å². The summed E-state index contributed by atoms with van der Waals surface area (Å²) in [6, 6.07) is 8.27. The molecule has 0 unspecified atom stereocenters. The number of anilines is 1. The number of nitrogens with zero attached hydrogens (tertiary/aromatic N) is 1. The Bertz CT molecular complexity index is 483. The first-order chi connectivity index (χ1) is 8.43. The van der Waals surface area contributed by atoms with Crippen LogP contribution < -0.4 is 5.32 Å². The number of rotatable bonds is 3. The fourth-order valence-electron chi connectivity index (χ4n) is 2.73. The molecule has 3 heteroatoms. The van der Waals surface area contributed by atoms with Crippen molar-refractivity contribution in [2.75, 3.05) is 11.9 Å². The van der Waals surface area contributed by atoms with Crippen LogP contribution in [0.2, 0.25) is 0 Å². The third-order valence-corrected chi connectivity index (χ3v) is 3.75. The molecule has 1 aliphatic rings. The van der Waals surface area contributed by atoms with E-state index in [1.165, 1.54) is 37.5 Å². The monoisotopic (exact) mass is 229 g/mol. The van der Waals surface area contributed by atoms with E-state index >= 15 is 0 Å². The zero-order valence-electron chi connectivity index (χ0n) is 10.1. The molecule has 90 valence electrons. The van der Waals surface area contributed by atoms with Crippen molar-refractivity contribution in [3.8, 4) is 0 Å². The van der Waals surface area contributed by atoms with Gasteiger partial charge in [0, 0.05) is 11.9 Å². The Hall–Kier alpha value is -1.51. The first-order valence-corrected chi connectivity index (χ1v) is 6.60. The van der Waals surface area contributed by atoms with E-state index in [0.717, 1.165) is 23.8 Å². The van der Waals surface area contributed by atoms with Gasteiger partial charge in [0.25, 0.3) is 0 Å². The Kier molecular flexibility index (Phi) is 2.99. The number of nitrogens with one attached hydrogen (secondary N) is 2. The van der Waals surface area contributed by atoms with Gasteiger partial charge in [0.1, 0.15) is 0 Å². The summed E-state index contributed by atoms with van der Waals surface area (Å²) in [5.41, 5.74) is 1.11. The van der Waals surface area contributed by atoms with Gasteiger partial charge in [-0.25, -0.2) is 0 Å². The topological polar surface area (TPSA) is 40.7 Å². The van der Waals surface area contributed by atoms with Crippen LogP contribution in [0.25, 0.3) is 10.9 Å². The fourth-order valence-corrected chi connectivity index (χ4v) is 2.73. The zero-order chi connectivity index (χ0) is 11.5. The summed E-state index contributed by atoms with van der Waals surface area (Å²) in [6.45, 7) is 1.06. The predicted molar refractivity (Wildman–Crippen MR) is 71.2 cm³/mol. The lowest BCUT2D eigenvalue weighted by Gasteiger charge is -2.21. The summed E-state index contributed by atoms with van der Waals surface area (Å²) in [5.74, 6) is 1.84. The molecule has 0 atom stereocenters. The lowest BCUT2D eigenvalue weighted by molar-refractivity contribution is 0.373. The van der Waals surface area contributed by atoms with E-state index in [4.69, 9.17) is 0 Å². The lowest BCUT2D eigenvalue weighted by Crippen LogP contribution is -2.17. The molecule has 3 rings (SSSR count). The van der Waals surface area contributed by atoms with Crippen molar-refractivity contribution in [3.05, 3.63) is 24.3 Å². The second kappa shape index (κ2) is 4.78. The second-order valence-corrected chi connectivity index (χ2v) is 5.00. The van der Waals surface area contributed by atoms with Crippen LogP contribution in [0.15, 0.2) is 24.3 Å². The molecular formula is C14H19N3. The summed E-state index contributed by atoms with van der Waals surface area (Å²) in [4.78, 5) is 0. The van der Waals surface area contributed by atoms with Crippen LogP contribution in [0.5, 0.6) is 0 Å². The number of aromatic nitrogens is 2. The number of hydrogen-bond donors (Lipinski definition) is 2. The number of aromatic amines is 1. The molecule has 0 bridgehead atoms. The van der Waals surface area contributed by atoms with Gasteiger partial charge in [-0.05, 0) is 30.9 Å². The second-order valence-electron chi connectivity index (χ2n) is 5.00. The Morgan fingerprint density at radius 3 is 2.88 bits per heavy atom. The standard InChI is InChI=1S/C14H19N3/c1-2-6-11(7-3-1)10-15-14-12-8-4-5-9-13(12)16-17-14/h4-5,8-9,11H,1-3,6-7,10H2,(H2,15,16,17). The van der Waals surface area contributed by atoms with Gasteiger partial charge in [-0.2, -0.15) is 5.10 Å². The molecule has 3 nitrogen and oxygen atoms in total. The third kappa shape index (κ3) is 2.28. The van der Waals surface area contributed by atoms with E-state index in [0.29, 0.717) is 0 Å². The van der Waals surface area contributed by atoms with Gasteiger partial charge >= 0.3 is 0 Å². The molecule has 1 saturated carbocycles. The molecule has 0 aliphatic heterocycles. The van der Waals surface area contributed by atoms with Gasteiger partial charge in [-0.3, -0.25) is 5.10 Å². The van der Waals surface area contributed by atoms with Crippen LogP contribution in [0.1, 0.15) is 32.1 Å². The summed E-state index contributed by atoms with van der Waals surface area (Å²) in [5, 5.41) is 12.1. The highest BCUT2D eigenvalue weighted by Gasteiger charge is 2.14. The van der Waals surface area contributed by atoms with Gasteiger partial charge in [0.15, 0.2) is 5.82 Å². The Morgan fingerprint density at radius 1 is 1.18 bits per heavy atom. The maximum absolute atomic E-state index is 4.34. The van der Waals surface area contributed by atoms with E-state index in [2.05, 4.69) is 33.7 Å². The highest BCUT2D eigenvalue weighted by Crippen LogP contribution is 2.25. The van der Waals surface area contributed by atoms with Crippen LogP contribution in [-0.2, 0) is 0 Å². The molecule has 2 N–H and O–H groups in total. The zero-order valence-corrected chi connectivity index (χ0v) is 10.1. The van der Waals surface area contributed by atoms with E-state index in [9.17, 15) is 0 Å². The van der Waals surface area contributed by atoms with E-state index in [1.807, 2.05) is 6.07 Å². The number of fused-ring (bicyclic) bond motifs is 1. The van der Waals surface area contributed by atoms with Crippen LogP contribution in [-0.4, -0.2) is 16.7 Å². The van der Waals surface area contributed by atoms with Crippen molar-refractivity contribution < 1.29 is 0 Å². The van der Waals surface area contributed by atoms with E-state index in [1.54, 1.807) is 0 Å². The average molecular weight is 229 g/mol. The molecule has 1 fully saturated rings. The first-order valence-electron chi connectivity index (χ1n) is 6.60. The van der Waals surface area contributed by atoms with E-state index < -0.39 is 0 Å². The van der Waals surface area contributed by atoms with Crippen molar-refractivity contribution in [1.82, 2.24) is 10.2 Å². The van der Waals surface area contributed by atoms with Gasteiger partial charge in [-0.1, -0.05) is 31.4 Å². The molecule has 1 aromatic carbocycles. The Labute approximate surface area is 102 Å². The van der Waals surface area contributed by atoms with Crippen molar-refractivity contribution in [3.63, 3.8) is 0 Å². The highest BCUT2D eigenvalue weighted by atomic mass is 15.2. The number of H-pyrrole nitrogens is 1. The number of hydrogen-bond acceptors (Lipinski definition) is 2. The largest absolute Gasteiger partial charge is 0.368 e. The minimum absolute atomic E-state index is 0.833. The quantitative estimate of drug-likeness (QED) is 0.845. The molecular weight excluding hydrogens is 210 g/mol. The van der Waals surface area contributed by atoms with E-state index in [-0.39, 0.29) is 0 Å². The van der Waals surface area contributed by atoms with Crippen LogP contribution in [0.4, 0.5) is 5.82 Å². The molecule has 2 aromatic rings. The minimum atomic E-state index is 0.833. The Balaban J connectivity index is 1.68. The van der Waals surface area contributed by atoms with Gasteiger partial charge < -0.3 is 5.32 Å². The van der Waals surface area contributed by atoms with Gasteiger partial charge in [-0.15, -0.1) is 0 Å². The highest BCUT2D eigenvalue weighted by molar-refractivity contribution is 5.89. The van der Waals surface area contributed by atoms with Gasteiger partial charge in [0.2, 0.25) is 0 Å². The molecule has 1 aliphatic carbocycles. The molecule has 1 aromatic heterocycles. The molecule has 0 saturated heterocycles. The fraction of sp³-hybridized carbons (Fsp3) is 0.500. The smallest absolute Gasteiger partial charge is 0.155 e. The average Bonchev–Trinajstić information content (AvgIpc) is 2.81. The number of para-hydroxylation sites is 1. The molecule has 0 spiro atoms. The molecule has 17 heavy (non-hydrogen) atoms. The normalized spacial score (nSPS) is 17.4. The van der Waals surface area contributed by atoms with Gasteiger partial charge in [0.05, 0.1) is 5.52 Å². The lowest BCUT2D eigenvalue weighted by atomic mass is 9.89.